The molecule has 0 bridgehead atoms. The van der Waals surface area contributed by atoms with Gasteiger partial charge in [-0.25, -0.2) is 0 Å². The fraction of sp³-hybridized carbons (Fsp3) is 0.615. The molecule has 0 radical (unpaired) electrons. The molecular weight excluding hydrogens is 200 g/mol. The SMILES string of the molecule is CC(O)c1ccc(N2CCCCC2C)cn1. The normalized spacial score (nSPS) is 23.2. The van der Waals surface area contributed by atoms with Crippen molar-refractivity contribution in [2.24, 2.45) is 0 Å². The van der Waals surface area contributed by atoms with Gasteiger partial charge in [0.1, 0.15) is 0 Å². The molecule has 1 aromatic rings. The molecule has 16 heavy (non-hydrogen) atoms. The van der Waals surface area contributed by atoms with E-state index in [2.05, 4.69) is 22.9 Å². The lowest BCUT2D eigenvalue weighted by Crippen LogP contribution is -2.37. The van der Waals surface area contributed by atoms with Gasteiger partial charge in [0.2, 0.25) is 0 Å². The van der Waals surface area contributed by atoms with Crippen molar-refractivity contribution in [2.75, 3.05) is 11.4 Å². The maximum atomic E-state index is 9.40. The van der Waals surface area contributed by atoms with Crippen molar-refractivity contribution in [1.29, 1.82) is 0 Å². The Morgan fingerprint density at radius 1 is 1.44 bits per heavy atom. The van der Waals surface area contributed by atoms with Gasteiger partial charge in [-0.1, -0.05) is 0 Å². The van der Waals surface area contributed by atoms with Crippen LogP contribution in [0.5, 0.6) is 0 Å². The zero-order valence-electron chi connectivity index (χ0n) is 10.1. The summed E-state index contributed by atoms with van der Waals surface area (Å²) in [6.45, 7) is 5.13. The van der Waals surface area contributed by atoms with Crippen LogP contribution in [0.3, 0.4) is 0 Å². The molecule has 2 rings (SSSR count). The molecule has 1 N–H and O–H groups in total. The summed E-state index contributed by atoms with van der Waals surface area (Å²) in [5.41, 5.74) is 1.92. The summed E-state index contributed by atoms with van der Waals surface area (Å²) in [5.74, 6) is 0. The Morgan fingerprint density at radius 3 is 2.81 bits per heavy atom. The van der Waals surface area contributed by atoms with Crippen LogP contribution in [0.25, 0.3) is 0 Å². The Morgan fingerprint density at radius 2 is 2.25 bits per heavy atom. The van der Waals surface area contributed by atoms with E-state index in [0.717, 1.165) is 12.2 Å². The first-order valence-electron chi connectivity index (χ1n) is 6.09. The minimum atomic E-state index is -0.479. The van der Waals surface area contributed by atoms with Crippen molar-refractivity contribution in [2.45, 2.75) is 45.3 Å². The Kier molecular flexibility index (Phi) is 3.44. The van der Waals surface area contributed by atoms with E-state index in [1.807, 2.05) is 12.3 Å². The Bertz CT molecular complexity index is 334. The molecular formula is C13H20N2O. The van der Waals surface area contributed by atoms with E-state index in [1.54, 1.807) is 6.92 Å². The van der Waals surface area contributed by atoms with Crippen LogP contribution in [0.15, 0.2) is 18.3 Å². The highest BCUT2D eigenvalue weighted by Gasteiger charge is 2.18. The molecule has 88 valence electrons. The zero-order valence-corrected chi connectivity index (χ0v) is 10.1. The number of hydrogen-bond donors (Lipinski definition) is 1. The average Bonchev–Trinajstić information content (AvgIpc) is 2.30. The van der Waals surface area contributed by atoms with E-state index >= 15 is 0 Å². The predicted octanol–water partition coefficient (Wildman–Crippen LogP) is 2.51. The molecule has 2 unspecified atom stereocenters. The number of aliphatic hydroxyl groups excluding tert-OH is 1. The largest absolute Gasteiger partial charge is 0.387 e. The summed E-state index contributed by atoms with van der Waals surface area (Å²) in [4.78, 5) is 6.70. The molecule has 3 heteroatoms. The van der Waals surface area contributed by atoms with E-state index in [0.29, 0.717) is 6.04 Å². The second-order valence-corrected chi connectivity index (χ2v) is 4.66. The van der Waals surface area contributed by atoms with Gasteiger partial charge >= 0.3 is 0 Å². The van der Waals surface area contributed by atoms with Gasteiger partial charge in [-0.2, -0.15) is 0 Å². The van der Waals surface area contributed by atoms with Crippen LogP contribution in [0, 0.1) is 0 Å². The predicted molar refractivity (Wildman–Crippen MR) is 65.5 cm³/mol. The number of pyridine rings is 1. The molecule has 0 aromatic carbocycles. The summed E-state index contributed by atoms with van der Waals surface area (Å²) in [7, 11) is 0. The molecule has 1 saturated heterocycles. The van der Waals surface area contributed by atoms with E-state index in [1.165, 1.54) is 24.9 Å². The standard InChI is InChI=1S/C13H20N2O/c1-10-5-3-4-8-15(10)12-6-7-13(11(2)16)14-9-12/h6-7,9-11,16H,3-5,8H2,1-2H3. The monoisotopic (exact) mass is 220 g/mol. The minimum absolute atomic E-state index is 0.479. The lowest BCUT2D eigenvalue weighted by atomic mass is 10.0. The number of aliphatic hydroxyl groups is 1. The molecule has 1 aromatic heterocycles. The molecule has 1 aliphatic rings. The third kappa shape index (κ3) is 2.35. The zero-order chi connectivity index (χ0) is 11.5. The second kappa shape index (κ2) is 4.83. The summed E-state index contributed by atoms with van der Waals surface area (Å²) < 4.78 is 0. The number of piperidine rings is 1. The highest BCUT2D eigenvalue weighted by Crippen LogP contribution is 2.24. The fourth-order valence-electron chi connectivity index (χ4n) is 2.30. The molecule has 3 nitrogen and oxygen atoms in total. The molecule has 0 aliphatic carbocycles. The van der Waals surface area contributed by atoms with Gasteiger partial charge in [0.05, 0.1) is 23.7 Å². The van der Waals surface area contributed by atoms with Gasteiger partial charge in [-0.3, -0.25) is 4.98 Å². The molecule has 1 aliphatic heterocycles. The molecule has 0 amide bonds. The second-order valence-electron chi connectivity index (χ2n) is 4.66. The number of aromatic nitrogens is 1. The van der Waals surface area contributed by atoms with Gasteiger partial charge < -0.3 is 10.0 Å². The first-order chi connectivity index (χ1) is 7.68. The maximum absolute atomic E-state index is 9.40. The summed E-state index contributed by atoms with van der Waals surface area (Å²) >= 11 is 0. The number of rotatable bonds is 2. The molecule has 1 fully saturated rings. The highest BCUT2D eigenvalue weighted by molar-refractivity contribution is 5.46. The molecule has 0 saturated carbocycles. The summed E-state index contributed by atoms with van der Waals surface area (Å²) in [5, 5.41) is 9.40. The third-order valence-corrected chi connectivity index (χ3v) is 3.33. The summed E-state index contributed by atoms with van der Waals surface area (Å²) in [6, 6.07) is 4.59. The maximum Gasteiger partial charge on any atom is 0.0931 e. The smallest absolute Gasteiger partial charge is 0.0931 e. The van der Waals surface area contributed by atoms with E-state index in [4.69, 9.17) is 0 Å². The quantitative estimate of drug-likeness (QED) is 0.832. The number of hydrogen-bond acceptors (Lipinski definition) is 3. The average molecular weight is 220 g/mol. The topological polar surface area (TPSA) is 36.4 Å². The van der Waals surface area contributed by atoms with Crippen LogP contribution in [-0.2, 0) is 0 Å². The van der Waals surface area contributed by atoms with Gasteiger partial charge in [-0.15, -0.1) is 0 Å². The van der Waals surface area contributed by atoms with Crippen LogP contribution < -0.4 is 4.90 Å². The first-order valence-corrected chi connectivity index (χ1v) is 6.09. The van der Waals surface area contributed by atoms with Crippen LogP contribution in [0.1, 0.15) is 44.9 Å². The Labute approximate surface area is 97.1 Å². The van der Waals surface area contributed by atoms with E-state index < -0.39 is 6.10 Å². The Balaban J connectivity index is 2.14. The van der Waals surface area contributed by atoms with Crippen LogP contribution in [0.2, 0.25) is 0 Å². The van der Waals surface area contributed by atoms with Gasteiger partial charge in [0.25, 0.3) is 0 Å². The van der Waals surface area contributed by atoms with Gasteiger partial charge in [0, 0.05) is 12.6 Å². The number of anilines is 1. The van der Waals surface area contributed by atoms with Crippen LogP contribution in [0.4, 0.5) is 5.69 Å². The summed E-state index contributed by atoms with van der Waals surface area (Å²) in [6.07, 6.45) is 5.26. The van der Waals surface area contributed by atoms with Gasteiger partial charge in [0.15, 0.2) is 0 Å². The van der Waals surface area contributed by atoms with Crippen molar-refractivity contribution >= 4 is 5.69 Å². The van der Waals surface area contributed by atoms with Crippen molar-refractivity contribution in [3.63, 3.8) is 0 Å². The van der Waals surface area contributed by atoms with Crippen molar-refractivity contribution in [3.8, 4) is 0 Å². The van der Waals surface area contributed by atoms with Crippen LogP contribution >= 0.6 is 0 Å². The van der Waals surface area contributed by atoms with Crippen molar-refractivity contribution in [3.05, 3.63) is 24.0 Å². The molecule has 0 spiro atoms. The van der Waals surface area contributed by atoms with Gasteiger partial charge in [-0.05, 0) is 45.2 Å². The first kappa shape index (κ1) is 11.4. The molecule has 2 atom stereocenters. The van der Waals surface area contributed by atoms with E-state index in [-0.39, 0.29) is 0 Å². The lowest BCUT2D eigenvalue weighted by molar-refractivity contribution is 0.194. The third-order valence-electron chi connectivity index (χ3n) is 3.33. The molecule has 2 heterocycles. The minimum Gasteiger partial charge on any atom is -0.387 e. The van der Waals surface area contributed by atoms with Crippen LogP contribution in [-0.4, -0.2) is 22.7 Å². The van der Waals surface area contributed by atoms with Crippen molar-refractivity contribution < 1.29 is 5.11 Å². The highest BCUT2D eigenvalue weighted by atomic mass is 16.3. The van der Waals surface area contributed by atoms with Crippen molar-refractivity contribution in [1.82, 2.24) is 4.98 Å². The Hall–Kier alpha value is -1.09. The van der Waals surface area contributed by atoms with E-state index in [9.17, 15) is 5.11 Å². The number of nitrogens with zero attached hydrogens (tertiary/aromatic N) is 2. The lowest BCUT2D eigenvalue weighted by Gasteiger charge is -2.35. The fourth-order valence-corrected chi connectivity index (χ4v) is 2.30.